The van der Waals surface area contributed by atoms with Gasteiger partial charge in [0.2, 0.25) is 0 Å². The van der Waals surface area contributed by atoms with Gasteiger partial charge >= 0.3 is 0 Å². The molecule has 2 nitrogen and oxygen atoms in total. The summed E-state index contributed by atoms with van der Waals surface area (Å²) in [6.45, 7) is 6.93. The van der Waals surface area contributed by atoms with Crippen LogP contribution in [-0.2, 0) is 17.8 Å². The standard InChI is InChI=1S/C12H17NO/c1-2-14-8-7-13-9-11-5-3-4-6-12(11)10-13/h3-6H,2,7-10H2,1H3. The van der Waals surface area contributed by atoms with Crippen molar-refractivity contribution in [1.29, 1.82) is 0 Å². The summed E-state index contributed by atoms with van der Waals surface area (Å²) in [6.07, 6.45) is 0. The zero-order chi connectivity index (χ0) is 9.80. The summed E-state index contributed by atoms with van der Waals surface area (Å²) in [7, 11) is 0. The number of benzene rings is 1. The monoisotopic (exact) mass is 191 g/mol. The van der Waals surface area contributed by atoms with Gasteiger partial charge in [0.25, 0.3) is 0 Å². The molecule has 0 aliphatic carbocycles. The molecule has 0 bridgehead atoms. The normalized spacial score (nSPS) is 15.8. The average Bonchev–Trinajstić information content (AvgIpc) is 2.60. The zero-order valence-electron chi connectivity index (χ0n) is 8.70. The van der Waals surface area contributed by atoms with Crippen LogP contribution in [0.15, 0.2) is 24.3 Å². The molecule has 1 aromatic carbocycles. The maximum atomic E-state index is 5.35. The molecule has 14 heavy (non-hydrogen) atoms. The van der Waals surface area contributed by atoms with Gasteiger partial charge in [0, 0.05) is 26.2 Å². The van der Waals surface area contributed by atoms with E-state index in [1.165, 1.54) is 11.1 Å². The third-order valence-electron chi connectivity index (χ3n) is 2.66. The molecule has 0 aromatic heterocycles. The minimum absolute atomic E-state index is 0.820. The lowest BCUT2D eigenvalue weighted by atomic mass is 10.1. The van der Waals surface area contributed by atoms with Gasteiger partial charge in [0.1, 0.15) is 0 Å². The Kier molecular flexibility index (Phi) is 3.17. The second-order valence-electron chi connectivity index (χ2n) is 3.68. The van der Waals surface area contributed by atoms with Crippen LogP contribution in [0.3, 0.4) is 0 Å². The van der Waals surface area contributed by atoms with E-state index < -0.39 is 0 Å². The maximum absolute atomic E-state index is 5.35. The topological polar surface area (TPSA) is 12.5 Å². The highest BCUT2D eigenvalue weighted by Gasteiger charge is 2.16. The fraction of sp³-hybridized carbons (Fsp3) is 0.500. The van der Waals surface area contributed by atoms with Crippen LogP contribution in [-0.4, -0.2) is 24.7 Å². The second kappa shape index (κ2) is 4.58. The Labute approximate surface area is 85.5 Å². The smallest absolute Gasteiger partial charge is 0.0593 e. The van der Waals surface area contributed by atoms with E-state index in [-0.39, 0.29) is 0 Å². The van der Waals surface area contributed by atoms with Crippen molar-refractivity contribution < 1.29 is 4.74 Å². The Morgan fingerprint density at radius 2 is 1.86 bits per heavy atom. The molecule has 1 aliphatic heterocycles. The van der Waals surface area contributed by atoms with Crippen LogP contribution >= 0.6 is 0 Å². The van der Waals surface area contributed by atoms with E-state index in [9.17, 15) is 0 Å². The molecular weight excluding hydrogens is 174 g/mol. The van der Waals surface area contributed by atoms with Crippen LogP contribution in [0.4, 0.5) is 0 Å². The molecule has 0 atom stereocenters. The summed E-state index contributed by atoms with van der Waals surface area (Å²) in [6, 6.07) is 8.67. The van der Waals surface area contributed by atoms with E-state index in [0.717, 1.165) is 32.8 Å². The van der Waals surface area contributed by atoms with Crippen LogP contribution in [0.2, 0.25) is 0 Å². The first-order valence-corrected chi connectivity index (χ1v) is 5.27. The van der Waals surface area contributed by atoms with Crippen molar-refractivity contribution in [3.05, 3.63) is 35.4 Å². The van der Waals surface area contributed by atoms with Crippen molar-refractivity contribution in [2.75, 3.05) is 19.8 Å². The fourth-order valence-corrected chi connectivity index (χ4v) is 1.90. The van der Waals surface area contributed by atoms with E-state index in [0.29, 0.717) is 0 Å². The third kappa shape index (κ3) is 2.14. The van der Waals surface area contributed by atoms with Crippen molar-refractivity contribution in [1.82, 2.24) is 4.90 Å². The van der Waals surface area contributed by atoms with E-state index in [4.69, 9.17) is 4.74 Å². The first kappa shape index (κ1) is 9.69. The van der Waals surface area contributed by atoms with Gasteiger partial charge in [0.15, 0.2) is 0 Å². The predicted octanol–water partition coefficient (Wildman–Crippen LogP) is 2.04. The first-order chi connectivity index (χ1) is 6.90. The molecule has 76 valence electrons. The highest BCUT2D eigenvalue weighted by molar-refractivity contribution is 5.30. The molecule has 1 aliphatic rings. The molecule has 2 rings (SSSR count). The third-order valence-corrected chi connectivity index (χ3v) is 2.66. The second-order valence-corrected chi connectivity index (χ2v) is 3.68. The lowest BCUT2D eigenvalue weighted by molar-refractivity contribution is 0.113. The Hall–Kier alpha value is -0.860. The van der Waals surface area contributed by atoms with Crippen molar-refractivity contribution in [3.8, 4) is 0 Å². The number of ether oxygens (including phenoxy) is 1. The highest BCUT2D eigenvalue weighted by atomic mass is 16.5. The summed E-state index contributed by atoms with van der Waals surface area (Å²) in [5, 5.41) is 0. The van der Waals surface area contributed by atoms with Crippen LogP contribution in [0.1, 0.15) is 18.1 Å². The Morgan fingerprint density at radius 1 is 1.21 bits per heavy atom. The molecule has 2 heteroatoms. The van der Waals surface area contributed by atoms with Crippen LogP contribution in [0.5, 0.6) is 0 Å². The van der Waals surface area contributed by atoms with E-state index in [1.54, 1.807) is 0 Å². The summed E-state index contributed by atoms with van der Waals surface area (Å²) in [5.41, 5.74) is 2.95. The minimum Gasteiger partial charge on any atom is -0.380 e. The molecular formula is C12H17NO. The molecule has 1 heterocycles. The molecule has 1 aromatic rings. The van der Waals surface area contributed by atoms with Crippen molar-refractivity contribution in [2.24, 2.45) is 0 Å². The molecule has 0 saturated heterocycles. The van der Waals surface area contributed by atoms with Gasteiger partial charge in [-0.05, 0) is 18.1 Å². The molecule has 0 fully saturated rings. The Balaban J connectivity index is 1.86. The molecule has 0 radical (unpaired) electrons. The SMILES string of the molecule is CCOCCN1Cc2ccccc2C1. The zero-order valence-corrected chi connectivity index (χ0v) is 8.70. The lowest BCUT2D eigenvalue weighted by Gasteiger charge is -2.13. The Bertz CT molecular complexity index is 273. The number of hydrogen-bond acceptors (Lipinski definition) is 2. The minimum atomic E-state index is 0.820. The van der Waals surface area contributed by atoms with Gasteiger partial charge in [0.05, 0.1) is 6.61 Å². The maximum Gasteiger partial charge on any atom is 0.0593 e. The fourth-order valence-electron chi connectivity index (χ4n) is 1.90. The van der Waals surface area contributed by atoms with Gasteiger partial charge in [-0.2, -0.15) is 0 Å². The van der Waals surface area contributed by atoms with Crippen molar-refractivity contribution >= 4 is 0 Å². The number of fused-ring (bicyclic) bond motifs is 1. The van der Waals surface area contributed by atoms with E-state index in [1.807, 2.05) is 6.92 Å². The number of rotatable bonds is 4. The van der Waals surface area contributed by atoms with Crippen LogP contribution < -0.4 is 0 Å². The van der Waals surface area contributed by atoms with Gasteiger partial charge in [-0.25, -0.2) is 0 Å². The summed E-state index contributed by atoms with van der Waals surface area (Å²) >= 11 is 0. The summed E-state index contributed by atoms with van der Waals surface area (Å²) in [4.78, 5) is 2.43. The quantitative estimate of drug-likeness (QED) is 0.675. The van der Waals surface area contributed by atoms with Crippen LogP contribution in [0.25, 0.3) is 0 Å². The van der Waals surface area contributed by atoms with Crippen molar-refractivity contribution in [3.63, 3.8) is 0 Å². The van der Waals surface area contributed by atoms with Crippen molar-refractivity contribution in [2.45, 2.75) is 20.0 Å². The first-order valence-electron chi connectivity index (χ1n) is 5.27. The summed E-state index contributed by atoms with van der Waals surface area (Å²) < 4.78 is 5.35. The molecule has 0 spiro atoms. The molecule has 0 unspecified atom stereocenters. The highest BCUT2D eigenvalue weighted by Crippen LogP contribution is 2.21. The molecule has 0 saturated carbocycles. The summed E-state index contributed by atoms with van der Waals surface area (Å²) in [5.74, 6) is 0. The van der Waals surface area contributed by atoms with E-state index >= 15 is 0 Å². The molecule has 0 N–H and O–H groups in total. The van der Waals surface area contributed by atoms with Gasteiger partial charge in [-0.1, -0.05) is 24.3 Å². The number of hydrogen-bond donors (Lipinski definition) is 0. The average molecular weight is 191 g/mol. The largest absolute Gasteiger partial charge is 0.380 e. The van der Waals surface area contributed by atoms with E-state index in [2.05, 4.69) is 29.2 Å². The lowest BCUT2D eigenvalue weighted by Crippen LogP contribution is -2.21. The van der Waals surface area contributed by atoms with Gasteiger partial charge in [-0.3, -0.25) is 4.90 Å². The number of nitrogens with zero attached hydrogens (tertiary/aromatic N) is 1. The van der Waals surface area contributed by atoms with Gasteiger partial charge < -0.3 is 4.74 Å². The predicted molar refractivity (Wildman–Crippen MR) is 57.0 cm³/mol. The Morgan fingerprint density at radius 3 is 2.43 bits per heavy atom. The van der Waals surface area contributed by atoms with Gasteiger partial charge in [-0.15, -0.1) is 0 Å². The van der Waals surface area contributed by atoms with Crippen LogP contribution in [0, 0.1) is 0 Å². The molecule has 0 amide bonds.